The average Bonchev–Trinajstić information content (AvgIpc) is 3.23. The molecule has 1 N–H and O–H groups in total. The number of rotatable bonds is 0. The molecule has 10 heteroatoms. The van der Waals surface area contributed by atoms with E-state index in [0.717, 1.165) is 10.1 Å². The minimum atomic E-state index is -0.0417. The lowest BCUT2D eigenvalue weighted by molar-refractivity contribution is 0.981. The van der Waals surface area contributed by atoms with Crippen LogP contribution >= 0.6 is 46.2 Å². The summed E-state index contributed by atoms with van der Waals surface area (Å²) in [5.41, 5.74) is 0.0469. The van der Waals surface area contributed by atoms with Gasteiger partial charge in [0.05, 0.1) is 10.1 Å². The summed E-state index contributed by atoms with van der Waals surface area (Å²) in [6.45, 7) is 0. The second-order valence-electron chi connectivity index (χ2n) is 4.65. The van der Waals surface area contributed by atoms with E-state index >= 15 is 0 Å². The molecule has 0 amide bonds. The summed E-state index contributed by atoms with van der Waals surface area (Å²) in [5, 5.41) is 2.55. The Balaban J connectivity index is 0.000000195. The van der Waals surface area contributed by atoms with Crippen LogP contribution in [0.1, 0.15) is 7.43 Å². The molecule has 3 heterocycles. The molecule has 140 valence electrons. The van der Waals surface area contributed by atoms with E-state index < -0.39 is 0 Å². The predicted octanol–water partition coefficient (Wildman–Crippen LogP) is 3.77. The first-order valence-electron chi connectivity index (χ1n) is 6.88. The van der Waals surface area contributed by atoms with Crippen LogP contribution < -0.4 is 16.7 Å². The maximum absolute atomic E-state index is 10.9. The van der Waals surface area contributed by atoms with Crippen LogP contribution in [-0.4, -0.2) is 12.3 Å². The van der Waals surface area contributed by atoms with Crippen molar-refractivity contribution in [2.45, 2.75) is 7.43 Å². The number of aromatic amines is 1. The molecule has 4 aromatic rings. The molecular weight excluding hydrogens is 414 g/mol. The number of benzene rings is 1. The molecule has 6 nitrogen and oxygen atoms in total. The van der Waals surface area contributed by atoms with Crippen LogP contribution in [0.4, 0.5) is 0 Å². The lowest BCUT2D eigenvalue weighted by Crippen LogP contribution is -2.05. The van der Waals surface area contributed by atoms with E-state index in [4.69, 9.17) is 11.6 Å². The molecule has 3 aromatic heterocycles. The van der Waals surface area contributed by atoms with Crippen LogP contribution in [0.3, 0.4) is 0 Å². The fourth-order valence-corrected chi connectivity index (χ4v) is 3.84. The fourth-order valence-electron chi connectivity index (χ4n) is 1.63. The fraction of sp³-hybridized carbons (Fsp3) is 0.188. The van der Waals surface area contributed by atoms with E-state index in [0.29, 0.717) is 4.34 Å². The highest BCUT2D eigenvalue weighted by Gasteiger charge is 1.96. The number of halogens is 1. The largest absolute Gasteiger partial charge is 0.277 e. The summed E-state index contributed by atoms with van der Waals surface area (Å²) < 4.78 is 7.27. The smallest absolute Gasteiger partial charge is 0.265 e. The van der Waals surface area contributed by atoms with Gasteiger partial charge in [0.2, 0.25) is 0 Å². The molecule has 0 atom stereocenters. The first-order valence-corrected chi connectivity index (χ1v) is 9.69. The van der Waals surface area contributed by atoms with Gasteiger partial charge in [-0.25, -0.2) is 0 Å². The number of fused-ring (bicyclic) bond motifs is 1. The Labute approximate surface area is 167 Å². The third-order valence-electron chi connectivity index (χ3n) is 2.90. The molecule has 1 aromatic carbocycles. The van der Waals surface area contributed by atoms with Gasteiger partial charge in [-0.1, -0.05) is 54.2 Å². The lowest BCUT2D eigenvalue weighted by atomic mass is 10.3. The van der Waals surface area contributed by atoms with E-state index in [9.17, 15) is 14.4 Å². The summed E-state index contributed by atoms with van der Waals surface area (Å²) >= 11 is 9.49. The molecule has 4 rings (SSSR count). The summed E-state index contributed by atoms with van der Waals surface area (Å²) in [7, 11) is 3.42. The standard InChI is InChI=1S/C7H5NOS.C4H4ClNOS.C4H5NOS.CH4/c9-7-5-3-1-2-4-6(5)10-8-7;1-6-4(7)2-3(5)8-6;1-5-4(6)2-3-7-5;/h1-4H,(H,8,9);2H,1H3;2-3H,1H3;1H4. The summed E-state index contributed by atoms with van der Waals surface area (Å²) in [6, 6.07) is 10.5. The van der Waals surface area contributed by atoms with Crippen molar-refractivity contribution in [3.05, 3.63) is 77.2 Å². The summed E-state index contributed by atoms with van der Waals surface area (Å²) in [5.74, 6) is 0. The van der Waals surface area contributed by atoms with E-state index in [-0.39, 0.29) is 24.1 Å². The summed E-state index contributed by atoms with van der Waals surface area (Å²) in [4.78, 5) is 31.9. The van der Waals surface area contributed by atoms with Crippen molar-refractivity contribution in [3.63, 3.8) is 0 Å². The topological polar surface area (TPSA) is 76.9 Å². The van der Waals surface area contributed by atoms with E-state index in [1.165, 1.54) is 44.6 Å². The zero-order chi connectivity index (χ0) is 18.4. The second-order valence-corrected chi connectivity index (χ2v) is 8.33. The van der Waals surface area contributed by atoms with Crippen molar-refractivity contribution in [2.75, 3.05) is 0 Å². The Morgan fingerprint density at radius 1 is 1.00 bits per heavy atom. The molecule has 0 aliphatic rings. The second kappa shape index (κ2) is 10.3. The number of aromatic nitrogens is 3. The van der Waals surface area contributed by atoms with Crippen molar-refractivity contribution in [3.8, 4) is 0 Å². The first kappa shape index (κ1) is 22.1. The highest BCUT2D eigenvalue weighted by Crippen LogP contribution is 2.11. The molecule has 26 heavy (non-hydrogen) atoms. The number of nitrogens with zero attached hydrogens (tertiary/aromatic N) is 2. The molecular formula is C16H18ClN3O3S3. The molecule has 0 unspecified atom stereocenters. The number of aryl methyl sites for hydroxylation is 2. The van der Waals surface area contributed by atoms with Gasteiger partial charge >= 0.3 is 0 Å². The minimum absolute atomic E-state index is 0. The third-order valence-corrected chi connectivity index (χ3v) is 5.58. The Kier molecular flexibility index (Phi) is 8.73. The Bertz CT molecular complexity index is 1120. The van der Waals surface area contributed by atoms with Gasteiger partial charge in [0.1, 0.15) is 4.34 Å². The number of hydrogen-bond acceptors (Lipinski definition) is 6. The quantitative estimate of drug-likeness (QED) is 0.460. The first-order chi connectivity index (χ1) is 11.9. The van der Waals surface area contributed by atoms with Crippen molar-refractivity contribution >= 4 is 56.3 Å². The van der Waals surface area contributed by atoms with Crippen molar-refractivity contribution in [1.82, 2.24) is 12.3 Å². The van der Waals surface area contributed by atoms with Gasteiger partial charge in [0.25, 0.3) is 16.7 Å². The molecule has 0 radical (unpaired) electrons. The van der Waals surface area contributed by atoms with Gasteiger partial charge < -0.3 is 0 Å². The highest BCUT2D eigenvalue weighted by atomic mass is 35.5. The van der Waals surface area contributed by atoms with Crippen molar-refractivity contribution in [1.29, 1.82) is 0 Å². The van der Waals surface area contributed by atoms with Crippen LogP contribution in [-0.2, 0) is 14.1 Å². The van der Waals surface area contributed by atoms with Crippen LogP contribution in [0.15, 0.2) is 56.2 Å². The van der Waals surface area contributed by atoms with Gasteiger partial charge in [0, 0.05) is 31.6 Å². The maximum atomic E-state index is 10.9. The monoisotopic (exact) mass is 431 g/mol. The average molecular weight is 432 g/mol. The lowest BCUT2D eigenvalue weighted by Gasteiger charge is -1.79. The normalized spacial score (nSPS) is 9.50. The molecule has 0 aliphatic carbocycles. The van der Waals surface area contributed by atoms with Gasteiger partial charge in [0.15, 0.2) is 0 Å². The zero-order valence-electron chi connectivity index (χ0n) is 13.3. The van der Waals surface area contributed by atoms with Crippen LogP contribution in [0, 0.1) is 0 Å². The SMILES string of the molecule is C.Cn1sc(Cl)cc1=O.Cn1sccc1=O.O=c1[nH]sc2ccccc12. The van der Waals surface area contributed by atoms with Crippen molar-refractivity contribution < 1.29 is 0 Å². The zero-order valence-corrected chi connectivity index (χ0v) is 16.5. The number of hydrogen-bond donors (Lipinski definition) is 1. The minimum Gasteiger partial charge on any atom is -0.277 e. The predicted molar refractivity (Wildman–Crippen MR) is 113 cm³/mol. The number of H-pyrrole nitrogens is 1. The molecule has 0 aliphatic heterocycles. The molecule has 0 spiro atoms. The molecule has 0 saturated carbocycles. The summed E-state index contributed by atoms with van der Waals surface area (Å²) in [6.07, 6.45) is 0. The Hall–Kier alpha value is -1.94. The van der Waals surface area contributed by atoms with Crippen LogP contribution in [0.2, 0.25) is 4.34 Å². The third kappa shape index (κ3) is 6.10. The van der Waals surface area contributed by atoms with Gasteiger partial charge in [-0.15, -0.1) is 0 Å². The van der Waals surface area contributed by atoms with Crippen molar-refractivity contribution in [2.24, 2.45) is 14.1 Å². The van der Waals surface area contributed by atoms with Gasteiger partial charge in [-0.3, -0.25) is 26.7 Å². The van der Waals surface area contributed by atoms with E-state index in [1.54, 1.807) is 29.5 Å². The van der Waals surface area contributed by atoms with Gasteiger partial charge in [-0.05, 0) is 23.7 Å². The maximum Gasteiger partial charge on any atom is 0.265 e. The van der Waals surface area contributed by atoms with Crippen LogP contribution in [0.25, 0.3) is 10.1 Å². The van der Waals surface area contributed by atoms with Crippen LogP contribution in [0.5, 0.6) is 0 Å². The highest BCUT2D eigenvalue weighted by molar-refractivity contribution is 7.13. The Morgan fingerprint density at radius 3 is 2.08 bits per heavy atom. The molecule has 0 fully saturated rings. The van der Waals surface area contributed by atoms with E-state index in [1.807, 2.05) is 24.3 Å². The number of nitrogens with one attached hydrogen (secondary N) is 1. The Morgan fingerprint density at radius 2 is 1.69 bits per heavy atom. The van der Waals surface area contributed by atoms with Gasteiger partial charge in [-0.2, -0.15) is 0 Å². The molecule has 0 saturated heterocycles. The molecule has 0 bridgehead atoms. The van der Waals surface area contributed by atoms with E-state index in [2.05, 4.69) is 4.37 Å².